The summed E-state index contributed by atoms with van der Waals surface area (Å²) in [6.07, 6.45) is 0. The molecular formula is C20H21NO3S2. The standard InChI is InChI=1S/C20H21NO3S2/c22-19(21-11-20(23)12-25-9-10-26-13-20)18-14-5-1-3-7-16(14)24-17-8-4-2-6-15(17)18/h1-8,18,23H,9-13H2,(H,21,22). The molecule has 2 aromatic carbocycles. The molecule has 2 heterocycles. The van der Waals surface area contributed by atoms with E-state index in [9.17, 15) is 9.90 Å². The summed E-state index contributed by atoms with van der Waals surface area (Å²) in [5, 5.41) is 13.8. The van der Waals surface area contributed by atoms with Gasteiger partial charge in [0.25, 0.3) is 0 Å². The predicted octanol–water partition coefficient (Wildman–Crippen LogP) is 3.25. The van der Waals surface area contributed by atoms with Crippen LogP contribution in [0.15, 0.2) is 48.5 Å². The molecular weight excluding hydrogens is 366 g/mol. The van der Waals surface area contributed by atoms with Crippen molar-refractivity contribution < 1.29 is 14.6 Å². The average Bonchev–Trinajstić information content (AvgIpc) is 2.89. The first-order chi connectivity index (χ1) is 12.7. The molecule has 2 N–H and O–H groups in total. The van der Waals surface area contributed by atoms with Crippen LogP contribution in [0.1, 0.15) is 17.0 Å². The molecule has 0 spiro atoms. The van der Waals surface area contributed by atoms with Gasteiger partial charge in [0.15, 0.2) is 0 Å². The number of ether oxygens (including phenoxy) is 1. The first-order valence-electron chi connectivity index (χ1n) is 8.68. The van der Waals surface area contributed by atoms with Crippen molar-refractivity contribution in [2.24, 2.45) is 0 Å². The second kappa shape index (κ2) is 7.55. The minimum absolute atomic E-state index is 0.0964. The molecule has 1 fully saturated rings. The molecule has 1 amide bonds. The molecule has 2 aliphatic heterocycles. The summed E-state index contributed by atoms with van der Waals surface area (Å²) >= 11 is 3.49. The Labute approximate surface area is 161 Å². The zero-order chi connectivity index (χ0) is 18.0. The highest BCUT2D eigenvalue weighted by Gasteiger charge is 2.35. The smallest absolute Gasteiger partial charge is 0.232 e. The number of benzene rings is 2. The summed E-state index contributed by atoms with van der Waals surface area (Å²) in [5.41, 5.74) is 0.867. The number of fused-ring (bicyclic) bond motifs is 2. The Morgan fingerprint density at radius 3 is 2.15 bits per heavy atom. The maximum Gasteiger partial charge on any atom is 0.232 e. The Kier molecular flexibility index (Phi) is 5.16. The number of hydrogen-bond donors (Lipinski definition) is 2. The maximum atomic E-state index is 13.1. The zero-order valence-corrected chi connectivity index (χ0v) is 15.9. The van der Waals surface area contributed by atoms with E-state index in [1.54, 1.807) is 23.5 Å². The summed E-state index contributed by atoms with van der Waals surface area (Å²) in [7, 11) is 0. The number of aliphatic hydroxyl groups is 1. The van der Waals surface area contributed by atoms with Gasteiger partial charge < -0.3 is 15.2 Å². The molecule has 0 atom stereocenters. The van der Waals surface area contributed by atoms with Crippen molar-refractivity contribution in [3.63, 3.8) is 0 Å². The summed E-state index contributed by atoms with van der Waals surface area (Å²) in [6, 6.07) is 15.3. The van der Waals surface area contributed by atoms with Gasteiger partial charge in [-0.05, 0) is 12.1 Å². The number of hydrogen-bond acceptors (Lipinski definition) is 5. The molecule has 136 valence electrons. The second-order valence-electron chi connectivity index (χ2n) is 6.66. The highest BCUT2D eigenvalue weighted by atomic mass is 32.2. The fourth-order valence-electron chi connectivity index (χ4n) is 3.33. The normalized spacial score (nSPS) is 18.8. The molecule has 0 unspecified atom stereocenters. The van der Waals surface area contributed by atoms with Crippen LogP contribution in [0, 0.1) is 0 Å². The van der Waals surface area contributed by atoms with Gasteiger partial charge in [0, 0.05) is 40.7 Å². The number of carbonyl (C=O) groups excluding carboxylic acids is 1. The van der Waals surface area contributed by atoms with Crippen LogP contribution in [-0.4, -0.2) is 46.2 Å². The van der Waals surface area contributed by atoms with Gasteiger partial charge in [0.2, 0.25) is 5.91 Å². The lowest BCUT2D eigenvalue weighted by molar-refractivity contribution is -0.122. The van der Waals surface area contributed by atoms with Crippen molar-refractivity contribution in [3.8, 4) is 11.5 Å². The SMILES string of the molecule is O=C(NCC1(O)CSCCSC1)C1c2ccccc2Oc2ccccc21. The summed E-state index contributed by atoms with van der Waals surface area (Å²) in [5.74, 6) is 4.30. The van der Waals surface area contributed by atoms with Crippen molar-refractivity contribution in [1.82, 2.24) is 5.32 Å². The van der Waals surface area contributed by atoms with Crippen LogP contribution < -0.4 is 10.1 Å². The van der Waals surface area contributed by atoms with E-state index in [1.165, 1.54) is 0 Å². The van der Waals surface area contributed by atoms with E-state index in [4.69, 9.17) is 4.74 Å². The molecule has 0 aliphatic carbocycles. The first kappa shape index (κ1) is 17.8. The maximum absolute atomic E-state index is 13.1. The van der Waals surface area contributed by atoms with Crippen molar-refractivity contribution in [3.05, 3.63) is 59.7 Å². The van der Waals surface area contributed by atoms with Crippen molar-refractivity contribution in [2.75, 3.05) is 29.6 Å². The summed E-state index contributed by atoms with van der Waals surface area (Å²) in [6.45, 7) is 0.271. The fraction of sp³-hybridized carbons (Fsp3) is 0.350. The highest BCUT2D eigenvalue weighted by molar-refractivity contribution is 8.03. The minimum Gasteiger partial charge on any atom is -0.457 e. The molecule has 6 heteroatoms. The van der Waals surface area contributed by atoms with Gasteiger partial charge in [-0.1, -0.05) is 36.4 Å². The van der Waals surface area contributed by atoms with Crippen molar-refractivity contribution in [1.29, 1.82) is 0 Å². The Bertz CT molecular complexity index is 758. The molecule has 1 saturated heterocycles. The van der Waals surface area contributed by atoms with Crippen LogP contribution >= 0.6 is 23.5 Å². The fourth-order valence-corrected chi connectivity index (χ4v) is 5.86. The van der Waals surface area contributed by atoms with Crippen molar-refractivity contribution in [2.45, 2.75) is 11.5 Å². The summed E-state index contributed by atoms with van der Waals surface area (Å²) < 4.78 is 5.95. The Morgan fingerprint density at radius 1 is 1.04 bits per heavy atom. The van der Waals surface area contributed by atoms with E-state index in [2.05, 4.69) is 5.32 Å². The highest BCUT2D eigenvalue weighted by Crippen LogP contribution is 2.43. The number of nitrogens with one attached hydrogen (secondary N) is 1. The number of para-hydroxylation sites is 2. The Hall–Kier alpha value is -1.63. The third-order valence-electron chi connectivity index (χ3n) is 4.65. The van der Waals surface area contributed by atoms with Crippen LogP contribution in [0.5, 0.6) is 11.5 Å². The van der Waals surface area contributed by atoms with Gasteiger partial charge in [0.1, 0.15) is 11.5 Å². The van der Waals surface area contributed by atoms with Gasteiger partial charge in [0.05, 0.1) is 11.5 Å². The quantitative estimate of drug-likeness (QED) is 0.847. The number of rotatable bonds is 3. The zero-order valence-electron chi connectivity index (χ0n) is 14.3. The molecule has 4 rings (SSSR count). The van der Waals surface area contributed by atoms with E-state index in [0.717, 1.165) is 22.6 Å². The van der Waals surface area contributed by atoms with Gasteiger partial charge in [-0.15, -0.1) is 0 Å². The molecule has 26 heavy (non-hydrogen) atoms. The van der Waals surface area contributed by atoms with E-state index in [1.807, 2.05) is 48.5 Å². The van der Waals surface area contributed by atoms with E-state index in [-0.39, 0.29) is 12.5 Å². The third kappa shape index (κ3) is 3.59. The van der Waals surface area contributed by atoms with Gasteiger partial charge >= 0.3 is 0 Å². The molecule has 2 aromatic rings. The van der Waals surface area contributed by atoms with Crippen LogP contribution in [0.2, 0.25) is 0 Å². The molecule has 4 nitrogen and oxygen atoms in total. The van der Waals surface area contributed by atoms with Crippen LogP contribution in [0.3, 0.4) is 0 Å². The van der Waals surface area contributed by atoms with E-state index < -0.39 is 11.5 Å². The average molecular weight is 388 g/mol. The molecule has 0 saturated carbocycles. The van der Waals surface area contributed by atoms with Crippen LogP contribution in [0.4, 0.5) is 0 Å². The number of carbonyl (C=O) groups is 1. The molecule has 0 radical (unpaired) electrons. The third-order valence-corrected chi connectivity index (χ3v) is 7.37. The lowest BCUT2D eigenvalue weighted by Crippen LogP contribution is -2.48. The monoisotopic (exact) mass is 387 g/mol. The largest absolute Gasteiger partial charge is 0.457 e. The topological polar surface area (TPSA) is 58.6 Å². The second-order valence-corrected chi connectivity index (χ2v) is 8.87. The lowest BCUT2D eigenvalue weighted by Gasteiger charge is -2.30. The minimum atomic E-state index is -0.855. The molecule has 0 bridgehead atoms. The van der Waals surface area contributed by atoms with Gasteiger partial charge in [-0.2, -0.15) is 23.5 Å². The molecule has 2 aliphatic rings. The lowest BCUT2D eigenvalue weighted by atomic mass is 9.87. The number of amides is 1. The van der Waals surface area contributed by atoms with Crippen LogP contribution in [-0.2, 0) is 4.79 Å². The van der Waals surface area contributed by atoms with Crippen molar-refractivity contribution >= 4 is 29.4 Å². The first-order valence-corrected chi connectivity index (χ1v) is 11.0. The Balaban J connectivity index is 1.57. The predicted molar refractivity (Wildman–Crippen MR) is 107 cm³/mol. The Morgan fingerprint density at radius 2 is 1.58 bits per heavy atom. The van der Waals surface area contributed by atoms with E-state index >= 15 is 0 Å². The van der Waals surface area contributed by atoms with E-state index in [0.29, 0.717) is 23.0 Å². The molecule has 0 aromatic heterocycles. The summed E-state index contributed by atoms with van der Waals surface area (Å²) in [4.78, 5) is 13.1. The van der Waals surface area contributed by atoms with Crippen LogP contribution in [0.25, 0.3) is 0 Å². The number of thioether (sulfide) groups is 2. The van der Waals surface area contributed by atoms with Gasteiger partial charge in [-0.3, -0.25) is 4.79 Å². The van der Waals surface area contributed by atoms with Gasteiger partial charge in [-0.25, -0.2) is 0 Å².